The summed E-state index contributed by atoms with van der Waals surface area (Å²) in [6, 6.07) is 0. The third-order valence-electron chi connectivity index (χ3n) is 2.58. The first-order valence-electron chi connectivity index (χ1n) is 5.67. The SMILES string of the molecule is CC(C)OCC(O)CC1CCCNC1=O. The average Bonchev–Trinajstić information content (AvgIpc) is 2.18. The van der Waals surface area contributed by atoms with Crippen LogP contribution in [0.25, 0.3) is 0 Å². The minimum Gasteiger partial charge on any atom is -0.391 e. The maximum Gasteiger partial charge on any atom is 0.223 e. The highest BCUT2D eigenvalue weighted by atomic mass is 16.5. The maximum atomic E-state index is 11.4. The Bertz CT molecular complexity index is 206. The second-order valence-electron chi connectivity index (χ2n) is 4.40. The van der Waals surface area contributed by atoms with Crippen molar-refractivity contribution < 1.29 is 14.6 Å². The quantitative estimate of drug-likeness (QED) is 0.709. The first kappa shape index (κ1) is 12.5. The topological polar surface area (TPSA) is 58.6 Å². The molecule has 2 atom stereocenters. The second kappa shape index (κ2) is 6.08. The summed E-state index contributed by atoms with van der Waals surface area (Å²) in [6.07, 6.45) is 2.00. The molecule has 0 bridgehead atoms. The molecule has 4 nitrogen and oxygen atoms in total. The van der Waals surface area contributed by atoms with E-state index in [1.807, 2.05) is 13.8 Å². The predicted molar refractivity (Wildman–Crippen MR) is 57.4 cm³/mol. The highest BCUT2D eigenvalue weighted by Gasteiger charge is 2.24. The van der Waals surface area contributed by atoms with Gasteiger partial charge in [0.05, 0.1) is 18.8 Å². The Morgan fingerprint density at radius 2 is 2.33 bits per heavy atom. The minimum absolute atomic E-state index is 0.0375. The van der Waals surface area contributed by atoms with Gasteiger partial charge in [0.25, 0.3) is 0 Å². The first-order chi connectivity index (χ1) is 7.09. The Kier molecular flexibility index (Phi) is 5.05. The molecule has 0 aliphatic carbocycles. The van der Waals surface area contributed by atoms with Gasteiger partial charge in [0.2, 0.25) is 5.91 Å². The Balaban J connectivity index is 2.23. The molecule has 2 N–H and O–H groups in total. The standard InChI is InChI=1S/C11H21NO3/c1-8(2)15-7-10(13)6-9-4-3-5-12-11(9)14/h8-10,13H,3-7H2,1-2H3,(H,12,14). The van der Waals surface area contributed by atoms with Crippen molar-refractivity contribution in [1.29, 1.82) is 0 Å². The number of piperidine rings is 1. The van der Waals surface area contributed by atoms with Gasteiger partial charge in [-0.1, -0.05) is 0 Å². The Morgan fingerprint density at radius 1 is 1.60 bits per heavy atom. The van der Waals surface area contributed by atoms with Crippen LogP contribution >= 0.6 is 0 Å². The lowest BCUT2D eigenvalue weighted by atomic mass is 9.93. The van der Waals surface area contributed by atoms with Crippen molar-refractivity contribution >= 4 is 5.91 Å². The predicted octanol–water partition coefficient (Wildman–Crippen LogP) is 0.689. The summed E-state index contributed by atoms with van der Waals surface area (Å²) in [5, 5.41) is 12.5. The van der Waals surface area contributed by atoms with Crippen molar-refractivity contribution in [3.05, 3.63) is 0 Å². The van der Waals surface area contributed by atoms with Gasteiger partial charge in [0.1, 0.15) is 0 Å². The molecule has 0 saturated carbocycles. The molecular formula is C11H21NO3. The molecule has 1 heterocycles. The van der Waals surface area contributed by atoms with Crippen molar-refractivity contribution in [2.24, 2.45) is 5.92 Å². The minimum atomic E-state index is -0.527. The summed E-state index contributed by atoms with van der Waals surface area (Å²) >= 11 is 0. The van der Waals surface area contributed by atoms with E-state index in [9.17, 15) is 9.90 Å². The van der Waals surface area contributed by atoms with E-state index < -0.39 is 6.10 Å². The van der Waals surface area contributed by atoms with Crippen LogP contribution in [0.2, 0.25) is 0 Å². The summed E-state index contributed by atoms with van der Waals surface area (Å²) in [5.74, 6) is 0.0364. The van der Waals surface area contributed by atoms with Crippen LogP contribution in [0.15, 0.2) is 0 Å². The molecule has 0 aromatic rings. The van der Waals surface area contributed by atoms with E-state index in [-0.39, 0.29) is 17.9 Å². The zero-order chi connectivity index (χ0) is 11.3. The number of carbonyl (C=O) groups is 1. The van der Waals surface area contributed by atoms with Crippen LogP contribution in [0.4, 0.5) is 0 Å². The molecule has 0 aromatic carbocycles. The monoisotopic (exact) mass is 215 g/mol. The van der Waals surface area contributed by atoms with Crippen molar-refractivity contribution in [2.45, 2.75) is 45.3 Å². The van der Waals surface area contributed by atoms with Gasteiger partial charge in [-0.05, 0) is 33.1 Å². The van der Waals surface area contributed by atoms with E-state index >= 15 is 0 Å². The van der Waals surface area contributed by atoms with E-state index in [1.54, 1.807) is 0 Å². The highest BCUT2D eigenvalue weighted by Crippen LogP contribution is 2.17. The van der Waals surface area contributed by atoms with E-state index in [4.69, 9.17) is 4.74 Å². The molecule has 1 fully saturated rings. The maximum absolute atomic E-state index is 11.4. The number of carbonyl (C=O) groups excluding carboxylic acids is 1. The molecule has 1 saturated heterocycles. The van der Waals surface area contributed by atoms with E-state index in [2.05, 4.69) is 5.32 Å². The first-order valence-corrected chi connectivity index (χ1v) is 5.67. The smallest absolute Gasteiger partial charge is 0.223 e. The van der Waals surface area contributed by atoms with Gasteiger partial charge in [0, 0.05) is 12.5 Å². The summed E-state index contributed by atoms with van der Waals surface area (Å²) in [4.78, 5) is 11.4. The van der Waals surface area contributed by atoms with E-state index in [0.29, 0.717) is 13.0 Å². The molecule has 1 amide bonds. The summed E-state index contributed by atoms with van der Waals surface area (Å²) in [7, 11) is 0. The van der Waals surface area contributed by atoms with Gasteiger partial charge in [-0.25, -0.2) is 0 Å². The second-order valence-corrected chi connectivity index (χ2v) is 4.40. The van der Waals surface area contributed by atoms with Crippen LogP contribution in [0.1, 0.15) is 33.1 Å². The fourth-order valence-electron chi connectivity index (χ4n) is 1.76. The Hall–Kier alpha value is -0.610. The van der Waals surface area contributed by atoms with Gasteiger partial charge in [-0.3, -0.25) is 4.79 Å². The molecule has 0 radical (unpaired) electrons. The fourth-order valence-corrected chi connectivity index (χ4v) is 1.76. The average molecular weight is 215 g/mol. The fraction of sp³-hybridized carbons (Fsp3) is 0.909. The van der Waals surface area contributed by atoms with Gasteiger partial charge in [0.15, 0.2) is 0 Å². The molecular weight excluding hydrogens is 194 g/mol. The molecule has 4 heteroatoms. The lowest BCUT2D eigenvalue weighted by Gasteiger charge is -2.24. The molecule has 88 valence electrons. The van der Waals surface area contributed by atoms with Crippen LogP contribution in [0, 0.1) is 5.92 Å². The van der Waals surface area contributed by atoms with Crippen LogP contribution in [0.5, 0.6) is 0 Å². The van der Waals surface area contributed by atoms with E-state index in [0.717, 1.165) is 19.4 Å². The number of ether oxygens (including phenoxy) is 1. The van der Waals surface area contributed by atoms with Gasteiger partial charge in [-0.15, -0.1) is 0 Å². The van der Waals surface area contributed by atoms with Crippen LogP contribution in [-0.4, -0.2) is 36.4 Å². The van der Waals surface area contributed by atoms with Gasteiger partial charge in [-0.2, -0.15) is 0 Å². The lowest BCUT2D eigenvalue weighted by Crippen LogP contribution is -2.38. The van der Waals surface area contributed by atoms with Crippen molar-refractivity contribution in [3.63, 3.8) is 0 Å². The van der Waals surface area contributed by atoms with Gasteiger partial charge < -0.3 is 15.2 Å². The molecule has 15 heavy (non-hydrogen) atoms. The van der Waals surface area contributed by atoms with Crippen LogP contribution < -0.4 is 5.32 Å². The van der Waals surface area contributed by atoms with E-state index in [1.165, 1.54) is 0 Å². The number of hydrogen-bond donors (Lipinski definition) is 2. The summed E-state index contributed by atoms with van der Waals surface area (Å²) in [5.41, 5.74) is 0. The third kappa shape index (κ3) is 4.62. The number of amides is 1. The number of rotatable bonds is 5. The number of nitrogens with one attached hydrogen (secondary N) is 1. The molecule has 0 spiro atoms. The number of aliphatic hydroxyl groups excluding tert-OH is 1. The normalized spacial score (nSPS) is 24.0. The highest BCUT2D eigenvalue weighted by molar-refractivity contribution is 5.79. The third-order valence-corrected chi connectivity index (χ3v) is 2.58. The van der Waals surface area contributed by atoms with Crippen molar-refractivity contribution in [2.75, 3.05) is 13.2 Å². The molecule has 0 aromatic heterocycles. The Labute approximate surface area is 91.0 Å². The molecule has 1 rings (SSSR count). The zero-order valence-corrected chi connectivity index (χ0v) is 9.53. The molecule has 1 aliphatic rings. The Morgan fingerprint density at radius 3 is 2.93 bits per heavy atom. The lowest BCUT2D eigenvalue weighted by molar-refractivity contribution is -0.128. The van der Waals surface area contributed by atoms with Crippen molar-refractivity contribution in [1.82, 2.24) is 5.32 Å². The largest absolute Gasteiger partial charge is 0.391 e. The number of hydrogen-bond acceptors (Lipinski definition) is 3. The number of aliphatic hydroxyl groups is 1. The molecule has 1 aliphatic heterocycles. The zero-order valence-electron chi connectivity index (χ0n) is 9.53. The summed E-state index contributed by atoms with van der Waals surface area (Å²) < 4.78 is 5.30. The molecule has 2 unspecified atom stereocenters. The van der Waals surface area contributed by atoms with Gasteiger partial charge >= 0.3 is 0 Å². The van der Waals surface area contributed by atoms with Crippen molar-refractivity contribution in [3.8, 4) is 0 Å². The van der Waals surface area contributed by atoms with Crippen LogP contribution in [-0.2, 0) is 9.53 Å². The summed E-state index contributed by atoms with van der Waals surface area (Å²) in [6.45, 7) is 4.95. The van der Waals surface area contributed by atoms with Crippen LogP contribution in [0.3, 0.4) is 0 Å².